The van der Waals surface area contributed by atoms with E-state index in [2.05, 4.69) is 5.32 Å². The Hall–Kier alpha value is -0.650. The quantitative estimate of drug-likeness (QED) is 0.863. The van der Waals surface area contributed by atoms with E-state index in [1.807, 2.05) is 41.7 Å². The Morgan fingerprint density at radius 3 is 3.06 bits per heavy atom. The van der Waals surface area contributed by atoms with E-state index < -0.39 is 0 Å². The fraction of sp³-hybridized carbons (Fsp3) is 0.462. The van der Waals surface area contributed by atoms with E-state index >= 15 is 0 Å². The van der Waals surface area contributed by atoms with Crippen molar-refractivity contribution in [3.05, 3.63) is 35.4 Å². The second-order valence-corrected chi connectivity index (χ2v) is 6.82. The zero-order chi connectivity index (χ0) is 12.8. The molecule has 1 amide bonds. The van der Waals surface area contributed by atoms with Crippen LogP contribution in [0.3, 0.4) is 0 Å². The maximum absolute atomic E-state index is 11.1. The molecule has 0 saturated carbocycles. The van der Waals surface area contributed by atoms with Gasteiger partial charge >= 0.3 is 0 Å². The molecule has 3 N–H and O–H groups in total. The molecule has 2 rings (SSSR count). The number of hydrogen-bond acceptors (Lipinski definition) is 4. The molecule has 1 unspecified atom stereocenters. The van der Waals surface area contributed by atoms with E-state index in [0.717, 1.165) is 18.7 Å². The van der Waals surface area contributed by atoms with E-state index in [1.54, 1.807) is 6.07 Å². The Kier molecular flexibility index (Phi) is 5.41. The number of nitrogens with two attached hydrogens (primary N) is 1. The number of amides is 1. The van der Waals surface area contributed by atoms with Crippen molar-refractivity contribution in [3.63, 3.8) is 0 Å². The van der Waals surface area contributed by atoms with Crippen LogP contribution in [0, 0.1) is 0 Å². The highest BCUT2D eigenvalue weighted by atomic mass is 32.2. The molecule has 1 aromatic carbocycles. The molecule has 1 atom stereocenters. The van der Waals surface area contributed by atoms with Crippen LogP contribution in [0.25, 0.3) is 0 Å². The first-order chi connectivity index (χ1) is 8.75. The SMILES string of the molecule is NC(=O)c1cccc(CNCC2CSCCS2)c1. The fourth-order valence-electron chi connectivity index (χ4n) is 1.87. The molecule has 0 aromatic heterocycles. The summed E-state index contributed by atoms with van der Waals surface area (Å²) >= 11 is 4.08. The van der Waals surface area contributed by atoms with Gasteiger partial charge in [0.1, 0.15) is 0 Å². The van der Waals surface area contributed by atoms with Crippen LogP contribution in [0.15, 0.2) is 24.3 Å². The van der Waals surface area contributed by atoms with Crippen LogP contribution in [-0.4, -0.2) is 35.0 Å². The molecule has 3 nitrogen and oxygen atoms in total. The van der Waals surface area contributed by atoms with Crippen molar-refractivity contribution >= 4 is 29.4 Å². The molecule has 1 saturated heterocycles. The van der Waals surface area contributed by atoms with Gasteiger partial charge < -0.3 is 11.1 Å². The minimum absolute atomic E-state index is 0.365. The number of primary amides is 1. The van der Waals surface area contributed by atoms with Crippen LogP contribution < -0.4 is 11.1 Å². The average Bonchev–Trinajstić information content (AvgIpc) is 2.40. The Morgan fingerprint density at radius 1 is 1.44 bits per heavy atom. The van der Waals surface area contributed by atoms with Gasteiger partial charge in [-0.25, -0.2) is 0 Å². The molecule has 1 fully saturated rings. The molecule has 0 bridgehead atoms. The van der Waals surface area contributed by atoms with Crippen molar-refractivity contribution in [1.82, 2.24) is 5.32 Å². The summed E-state index contributed by atoms with van der Waals surface area (Å²) in [6.07, 6.45) is 0. The lowest BCUT2D eigenvalue weighted by Crippen LogP contribution is -2.28. The highest BCUT2D eigenvalue weighted by Crippen LogP contribution is 2.23. The molecule has 1 heterocycles. The Bertz CT molecular complexity index is 406. The molecule has 98 valence electrons. The topological polar surface area (TPSA) is 55.1 Å². The van der Waals surface area contributed by atoms with Gasteiger partial charge in [-0.3, -0.25) is 4.79 Å². The van der Waals surface area contributed by atoms with E-state index in [4.69, 9.17) is 5.73 Å². The Morgan fingerprint density at radius 2 is 2.33 bits per heavy atom. The first-order valence-electron chi connectivity index (χ1n) is 6.04. The highest BCUT2D eigenvalue weighted by molar-refractivity contribution is 8.06. The zero-order valence-corrected chi connectivity index (χ0v) is 11.9. The maximum Gasteiger partial charge on any atom is 0.248 e. The molecule has 5 heteroatoms. The molecule has 1 aromatic rings. The highest BCUT2D eigenvalue weighted by Gasteiger charge is 2.13. The first kappa shape index (κ1) is 13.8. The number of benzene rings is 1. The summed E-state index contributed by atoms with van der Waals surface area (Å²) in [6.45, 7) is 1.82. The molecule has 0 spiro atoms. The lowest BCUT2D eigenvalue weighted by atomic mass is 10.1. The van der Waals surface area contributed by atoms with Crippen molar-refractivity contribution in [1.29, 1.82) is 0 Å². The van der Waals surface area contributed by atoms with E-state index in [9.17, 15) is 4.79 Å². The van der Waals surface area contributed by atoms with Crippen LogP contribution in [-0.2, 0) is 6.54 Å². The van der Waals surface area contributed by atoms with Gasteiger partial charge in [-0.15, -0.1) is 0 Å². The number of nitrogens with one attached hydrogen (secondary N) is 1. The molecule has 0 radical (unpaired) electrons. The van der Waals surface area contributed by atoms with Gasteiger partial charge in [0.05, 0.1) is 0 Å². The largest absolute Gasteiger partial charge is 0.366 e. The fourth-order valence-corrected chi connectivity index (χ4v) is 4.51. The number of carbonyl (C=O) groups excluding carboxylic acids is 1. The predicted molar refractivity (Wildman–Crippen MR) is 80.2 cm³/mol. The molecule has 18 heavy (non-hydrogen) atoms. The summed E-state index contributed by atoms with van der Waals surface area (Å²) in [5, 5.41) is 4.16. The van der Waals surface area contributed by atoms with Crippen molar-refractivity contribution in [3.8, 4) is 0 Å². The smallest absolute Gasteiger partial charge is 0.248 e. The van der Waals surface area contributed by atoms with E-state index in [-0.39, 0.29) is 5.91 Å². The van der Waals surface area contributed by atoms with Gasteiger partial charge in [0, 0.05) is 41.2 Å². The minimum atomic E-state index is -0.365. The minimum Gasteiger partial charge on any atom is -0.366 e. The lowest BCUT2D eigenvalue weighted by molar-refractivity contribution is 0.1000. The van der Waals surface area contributed by atoms with Crippen LogP contribution in [0.5, 0.6) is 0 Å². The third-order valence-electron chi connectivity index (χ3n) is 2.80. The van der Waals surface area contributed by atoms with Crippen molar-refractivity contribution in [2.24, 2.45) is 5.73 Å². The summed E-state index contributed by atoms with van der Waals surface area (Å²) in [5.41, 5.74) is 6.95. The second-order valence-electron chi connectivity index (χ2n) is 4.26. The van der Waals surface area contributed by atoms with Gasteiger partial charge in [0.15, 0.2) is 0 Å². The monoisotopic (exact) mass is 282 g/mol. The third kappa shape index (κ3) is 4.23. The summed E-state index contributed by atoms with van der Waals surface area (Å²) in [5.74, 6) is 3.41. The van der Waals surface area contributed by atoms with E-state index in [0.29, 0.717) is 10.8 Å². The van der Waals surface area contributed by atoms with Crippen LogP contribution in [0.1, 0.15) is 15.9 Å². The maximum atomic E-state index is 11.1. The number of rotatable bonds is 5. The van der Waals surface area contributed by atoms with Crippen LogP contribution in [0.2, 0.25) is 0 Å². The standard InChI is InChI=1S/C13H18N2OS2/c14-13(16)11-3-1-2-10(6-11)7-15-8-12-9-17-4-5-18-12/h1-3,6,12,15H,4-5,7-9H2,(H2,14,16). The molecule has 1 aliphatic rings. The van der Waals surface area contributed by atoms with Gasteiger partial charge in [-0.2, -0.15) is 23.5 Å². The Balaban J connectivity index is 1.78. The van der Waals surface area contributed by atoms with E-state index in [1.165, 1.54) is 17.3 Å². The van der Waals surface area contributed by atoms with Gasteiger partial charge in [0.25, 0.3) is 0 Å². The lowest BCUT2D eigenvalue weighted by Gasteiger charge is -2.21. The second kappa shape index (κ2) is 7.07. The summed E-state index contributed by atoms with van der Waals surface area (Å²) in [6, 6.07) is 7.50. The van der Waals surface area contributed by atoms with Crippen molar-refractivity contribution < 1.29 is 4.79 Å². The number of carbonyl (C=O) groups is 1. The van der Waals surface area contributed by atoms with Gasteiger partial charge in [0.2, 0.25) is 5.91 Å². The molecular weight excluding hydrogens is 264 g/mol. The Labute approximate surface area is 116 Å². The summed E-state index contributed by atoms with van der Waals surface area (Å²) in [4.78, 5) is 11.1. The number of hydrogen-bond donors (Lipinski definition) is 2. The average molecular weight is 282 g/mol. The first-order valence-corrected chi connectivity index (χ1v) is 8.25. The predicted octanol–water partition coefficient (Wildman–Crippen LogP) is 1.72. The van der Waals surface area contributed by atoms with Gasteiger partial charge in [-0.1, -0.05) is 12.1 Å². The summed E-state index contributed by atoms with van der Waals surface area (Å²) in [7, 11) is 0. The van der Waals surface area contributed by atoms with Gasteiger partial charge in [-0.05, 0) is 17.7 Å². The molecule has 1 aliphatic heterocycles. The molecule has 0 aliphatic carbocycles. The molecular formula is C13H18N2OS2. The van der Waals surface area contributed by atoms with Crippen molar-refractivity contribution in [2.75, 3.05) is 23.8 Å². The number of thioether (sulfide) groups is 2. The van der Waals surface area contributed by atoms with Crippen LogP contribution in [0.4, 0.5) is 0 Å². The van der Waals surface area contributed by atoms with Crippen LogP contribution >= 0.6 is 23.5 Å². The normalized spacial score (nSPS) is 19.7. The van der Waals surface area contributed by atoms with Crippen molar-refractivity contribution in [2.45, 2.75) is 11.8 Å². The summed E-state index contributed by atoms with van der Waals surface area (Å²) < 4.78 is 0. The third-order valence-corrected chi connectivity index (χ3v) is 5.64. The zero-order valence-electron chi connectivity index (χ0n) is 10.2.